The van der Waals surface area contributed by atoms with Crippen LogP contribution in [0.25, 0.3) is 0 Å². The monoisotopic (exact) mass is 370 g/mol. The Balaban J connectivity index is 0.00000264. The van der Waals surface area contributed by atoms with Crippen molar-refractivity contribution >= 4 is 30.7 Å². The lowest BCUT2D eigenvalue weighted by Crippen LogP contribution is -2.35. The zero-order chi connectivity index (χ0) is 15.9. The summed E-state index contributed by atoms with van der Waals surface area (Å²) in [4.78, 5) is 18.6. The van der Waals surface area contributed by atoms with E-state index in [0.717, 1.165) is 12.1 Å². The Labute approximate surface area is 155 Å². The van der Waals surface area contributed by atoms with Crippen molar-refractivity contribution in [3.63, 3.8) is 0 Å². The van der Waals surface area contributed by atoms with Crippen molar-refractivity contribution < 1.29 is 4.79 Å². The number of carbonyl (C=O) groups is 1. The van der Waals surface area contributed by atoms with Gasteiger partial charge in [-0.2, -0.15) is 0 Å². The molecule has 3 N–H and O–H groups in total. The summed E-state index contributed by atoms with van der Waals surface area (Å²) in [6, 6.07) is 13.3. The predicted octanol–water partition coefficient (Wildman–Crippen LogP) is 2.42. The van der Waals surface area contributed by atoms with Crippen LogP contribution >= 0.6 is 24.8 Å². The molecule has 1 aromatic carbocycles. The smallest absolute Gasteiger partial charge is 0.251 e. The minimum absolute atomic E-state index is 0. The van der Waals surface area contributed by atoms with E-state index in [1.807, 2.05) is 44.4 Å². The molecule has 1 atom stereocenters. The first-order valence-corrected chi connectivity index (χ1v) is 7.25. The molecule has 0 aliphatic rings. The lowest BCUT2D eigenvalue weighted by atomic mass is 10.1. The lowest BCUT2D eigenvalue weighted by Gasteiger charge is -2.23. The molecule has 0 saturated heterocycles. The van der Waals surface area contributed by atoms with Gasteiger partial charge in [-0.05, 0) is 31.8 Å². The van der Waals surface area contributed by atoms with Crippen molar-refractivity contribution in [3.05, 3.63) is 65.5 Å². The highest BCUT2D eigenvalue weighted by atomic mass is 35.5. The number of nitrogens with two attached hydrogens (primary N) is 1. The molecule has 24 heavy (non-hydrogen) atoms. The van der Waals surface area contributed by atoms with E-state index in [9.17, 15) is 4.79 Å². The predicted molar refractivity (Wildman–Crippen MR) is 102 cm³/mol. The molecule has 0 aliphatic carbocycles. The van der Waals surface area contributed by atoms with Gasteiger partial charge in [-0.15, -0.1) is 24.8 Å². The molecule has 0 bridgehead atoms. The summed E-state index contributed by atoms with van der Waals surface area (Å²) in [7, 11) is 3.97. The molecule has 1 unspecified atom stereocenters. The van der Waals surface area contributed by atoms with Gasteiger partial charge in [-0.25, -0.2) is 0 Å². The summed E-state index contributed by atoms with van der Waals surface area (Å²) in [5, 5.41) is 3.08. The Morgan fingerprint density at radius 3 is 2.46 bits per heavy atom. The number of nitrogens with zero attached hydrogens (tertiary/aromatic N) is 2. The van der Waals surface area contributed by atoms with Gasteiger partial charge in [0, 0.05) is 24.8 Å². The number of hydrogen-bond acceptors (Lipinski definition) is 4. The fourth-order valence-electron chi connectivity index (χ4n) is 2.26. The van der Waals surface area contributed by atoms with Crippen LogP contribution in [0.2, 0.25) is 0 Å². The van der Waals surface area contributed by atoms with Gasteiger partial charge in [0.25, 0.3) is 5.91 Å². The number of halogens is 2. The van der Waals surface area contributed by atoms with E-state index in [1.54, 1.807) is 18.3 Å². The highest BCUT2D eigenvalue weighted by Crippen LogP contribution is 2.14. The molecule has 2 rings (SSSR count). The van der Waals surface area contributed by atoms with Gasteiger partial charge in [0.05, 0.1) is 11.7 Å². The average Bonchev–Trinajstić information content (AvgIpc) is 2.54. The minimum atomic E-state index is -0.118. The molecule has 2 aromatic rings. The molecule has 0 fully saturated rings. The SMILES string of the molecule is CN(C)CC(NC(=O)c1ccnc(CN)c1)c1ccccc1.Cl.Cl. The topological polar surface area (TPSA) is 71.2 Å². The molecule has 1 amide bonds. The molecule has 1 heterocycles. The maximum Gasteiger partial charge on any atom is 0.251 e. The number of rotatable bonds is 6. The van der Waals surface area contributed by atoms with Gasteiger partial charge in [-0.1, -0.05) is 30.3 Å². The van der Waals surface area contributed by atoms with Crippen molar-refractivity contribution in [3.8, 4) is 0 Å². The van der Waals surface area contributed by atoms with Crippen LogP contribution in [-0.2, 0) is 6.54 Å². The van der Waals surface area contributed by atoms with E-state index >= 15 is 0 Å². The molecular weight excluding hydrogens is 347 g/mol. The maximum atomic E-state index is 12.5. The average molecular weight is 371 g/mol. The molecule has 1 aromatic heterocycles. The zero-order valence-electron chi connectivity index (χ0n) is 13.8. The third kappa shape index (κ3) is 6.45. The van der Waals surface area contributed by atoms with Crippen LogP contribution < -0.4 is 11.1 Å². The number of carbonyl (C=O) groups excluding carboxylic acids is 1. The van der Waals surface area contributed by atoms with E-state index in [1.165, 1.54) is 0 Å². The van der Waals surface area contributed by atoms with Crippen LogP contribution in [0, 0.1) is 0 Å². The van der Waals surface area contributed by atoms with E-state index in [0.29, 0.717) is 17.8 Å². The largest absolute Gasteiger partial charge is 0.344 e. The van der Waals surface area contributed by atoms with Crippen molar-refractivity contribution in [2.24, 2.45) is 5.73 Å². The van der Waals surface area contributed by atoms with Crippen LogP contribution in [-0.4, -0.2) is 36.4 Å². The number of amides is 1. The second-order valence-electron chi connectivity index (χ2n) is 5.44. The fourth-order valence-corrected chi connectivity index (χ4v) is 2.26. The summed E-state index contributed by atoms with van der Waals surface area (Å²) >= 11 is 0. The lowest BCUT2D eigenvalue weighted by molar-refractivity contribution is 0.0929. The van der Waals surface area contributed by atoms with Crippen molar-refractivity contribution in [1.29, 1.82) is 0 Å². The summed E-state index contributed by atoms with van der Waals surface area (Å²) in [6.07, 6.45) is 1.61. The van der Waals surface area contributed by atoms with E-state index < -0.39 is 0 Å². The first-order valence-electron chi connectivity index (χ1n) is 7.25. The summed E-state index contributed by atoms with van der Waals surface area (Å²) in [5.74, 6) is -0.118. The van der Waals surface area contributed by atoms with Gasteiger partial charge in [-0.3, -0.25) is 9.78 Å². The number of benzene rings is 1. The van der Waals surface area contributed by atoms with E-state index in [-0.39, 0.29) is 36.8 Å². The highest BCUT2D eigenvalue weighted by molar-refractivity contribution is 5.94. The Hall–Kier alpha value is -1.66. The number of pyridine rings is 1. The van der Waals surface area contributed by atoms with Crippen molar-refractivity contribution in [2.45, 2.75) is 12.6 Å². The molecular formula is C17H24Cl2N4O. The maximum absolute atomic E-state index is 12.5. The molecule has 7 heteroatoms. The van der Waals surface area contributed by atoms with E-state index in [2.05, 4.69) is 15.2 Å². The zero-order valence-corrected chi connectivity index (χ0v) is 15.4. The Kier molecular flexibility index (Phi) is 10.2. The summed E-state index contributed by atoms with van der Waals surface area (Å²) in [6.45, 7) is 1.05. The minimum Gasteiger partial charge on any atom is -0.344 e. The van der Waals surface area contributed by atoms with Gasteiger partial charge < -0.3 is 16.0 Å². The van der Waals surface area contributed by atoms with Crippen LogP contribution in [0.15, 0.2) is 48.7 Å². The highest BCUT2D eigenvalue weighted by Gasteiger charge is 2.16. The van der Waals surface area contributed by atoms with Crippen LogP contribution in [0.5, 0.6) is 0 Å². The standard InChI is InChI=1S/C17H22N4O.2ClH/c1-21(2)12-16(13-6-4-3-5-7-13)20-17(22)14-8-9-19-15(10-14)11-18;;/h3-10,16H,11-12,18H2,1-2H3,(H,20,22);2*1H. The molecule has 132 valence electrons. The molecule has 5 nitrogen and oxygen atoms in total. The molecule has 0 spiro atoms. The van der Waals surface area contributed by atoms with Gasteiger partial charge in [0.2, 0.25) is 0 Å². The third-order valence-corrected chi connectivity index (χ3v) is 3.34. The number of nitrogens with one attached hydrogen (secondary N) is 1. The number of hydrogen-bond donors (Lipinski definition) is 2. The van der Waals surface area contributed by atoms with Crippen LogP contribution in [0.3, 0.4) is 0 Å². The first-order chi connectivity index (χ1) is 10.6. The van der Waals surface area contributed by atoms with Crippen molar-refractivity contribution in [1.82, 2.24) is 15.2 Å². The molecule has 0 saturated carbocycles. The fraction of sp³-hybridized carbons (Fsp3) is 0.294. The second kappa shape index (κ2) is 11.0. The van der Waals surface area contributed by atoms with Gasteiger partial charge >= 0.3 is 0 Å². The second-order valence-corrected chi connectivity index (χ2v) is 5.44. The number of likely N-dealkylation sites (N-methyl/N-ethyl adjacent to an activating group) is 1. The quantitative estimate of drug-likeness (QED) is 0.818. The Bertz CT molecular complexity index is 623. The molecule has 0 aliphatic heterocycles. The Morgan fingerprint density at radius 2 is 1.88 bits per heavy atom. The Morgan fingerprint density at radius 1 is 1.21 bits per heavy atom. The number of aromatic nitrogens is 1. The van der Waals surface area contributed by atoms with Crippen LogP contribution in [0.4, 0.5) is 0 Å². The molecule has 0 radical (unpaired) electrons. The van der Waals surface area contributed by atoms with Gasteiger partial charge in [0.15, 0.2) is 0 Å². The first kappa shape index (κ1) is 22.3. The van der Waals surface area contributed by atoms with E-state index in [4.69, 9.17) is 5.73 Å². The summed E-state index contributed by atoms with van der Waals surface area (Å²) < 4.78 is 0. The summed E-state index contributed by atoms with van der Waals surface area (Å²) in [5.41, 5.74) is 7.94. The normalized spacial score (nSPS) is 11.2. The van der Waals surface area contributed by atoms with Crippen LogP contribution in [0.1, 0.15) is 27.7 Å². The van der Waals surface area contributed by atoms with Crippen molar-refractivity contribution in [2.75, 3.05) is 20.6 Å². The van der Waals surface area contributed by atoms with Gasteiger partial charge in [0.1, 0.15) is 0 Å². The third-order valence-electron chi connectivity index (χ3n) is 3.34.